The molecule has 0 heterocycles. The standard InChI is InChI=1S/C15H23O2/c1-3-5-7-12-17-15-10-8-9-14(13-15)16-11-6-4-2/h8-10,13H,2-7,11-12H2,1H3. The molecule has 0 aliphatic heterocycles. The Balaban J connectivity index is 2.31. The normalized spacial score (nSPS) is 10.2. The van der Waals surface area contributed by atoms with E-state index in [0.717, 1.165) is 44.0 Å². The van der Waals surface area contributed by atoms with Crippen molar-refractivity contribution in [2.45, 2.75) is 39.0 Å². The predicted molar refractivity (Wildman–Crippen MR) is 71.5 cm³/mol. The minimum Gasteiger partial charge on any atom is -0.493 e. The molecule has 1 aromatic carbocycles. The molecule has 0 atom stereocenters. The van der Waals surface area contributed by atoms with Gasteiger partial charge >= 0.3 is 0 Å². The molecule has 1 rings (SSSR count). The molecule has 0 N–H and O–H groups in total. The van der Waals surface area contributed by atoms with Crippen LogP contribution < -0.4 is 9.47 Å². The van der Waals surface area contributed by atoms with Gasteiger partial charge in [0.2, 0.25) is 0 Å². The Labute approximate surface area is 105 Å². The van der Waals surface area contributed by atoms with Crippen molar-refractivity contribution in [2.24, 2.45) is 0 Å². The second-order valence-corrected chi connectivity index (χ2v) is 4.09. The van der Waals surface area contributed by atoms with Crippen LogP contribution in [0.3, 0.4) is 0 Å². The summed E-state index contributed by atoms with van der Waals surface area (Å²) in [5.74, 6) is 1.78. The topological polar surface area (TPSA) is 18.5 Å². The second kappa shape index (κ2) is 8.91. The van der Waals surface area contributed by atoms with Gasteiger partial charge in [0.1, 0.15) is 11.5 Å². The summed E-state index contributed by atoms with van der Waals surface area (Å²) < 4.78 is 11.3. The molecular formula is C15H23O2. The number of benzene rings is 1. The first-order valence-electron chi connectivity index (χ1n) is 6.51. The van der Waals surface area contributed by atoms with Crippen molar-refractivity contribution in [3.8, 4) is 11.5 Å². The lowest BCUT2D eigenvalue weighted by molar-refractivity contribution is 0.293. The third-order valence-electron chi connectivity index (χ3n) is 2.49. The van der Waals surface area contributed by atoms with Crippen molar-refractivity contribution in [1.29, 1.82) is 0 Å². The van der Waals surface area contributed by atoms with Crippen LogP contribution in [0.5, 0.6) is 11.5 Å². The fraction of sp³-hybridized carbons (Fsp3) is 0.533. The Morgan fingerprint density at radius 2 is 1.65 bits per heavy atom. The monoisotopic (exact) mass is 235 g/mol. The molecule has 0 aromatic heterocycles. The molecule has 0 saturated heterocycles. The number of hydrogen-bond acceptors (Lipinski definition) is 2. The molecule has 0 aliphatic carbocycles. The summed E-state index contributed by atoms with van der Waals surface area (Å²) >= 11 is 0. The lowest BCUT2D eigenvalue weighted by Gasteiger charge is -2.09. The van der Waals surface area contributed by atoms with Crippen LogP contribution in [0.1, 0.15) is 39.0 Å². The maximum absolute atomic E-state index is 5.66. The van der Waals surface area contributed by atoms with Crippen molar-refractivity contribution < 1.29 is 9.47 Å². The zero-order valence-corrected chi connectivity index (χ0v) is 10.8. The summed E-state index contributed by atoms with van der Waals surface area (Å²) in [5.41, 5.74) is 0. The molecular weight excluding hydrogens is 212 g/mol. The smallest absolute Gasteiger partial charge is 0.122 e. The molecule has 1 aromatic rings. The third kappa shape index (κ3) is 6.20. The van der Waals surface area contributed by atoms with E-state index in [9.17, 15) is 0 Å². The Hall–Kier alpha value is -1.18. The average molecular weight is 235 g/mol. The van der Waals surface area contributed by atoms with Gasteiger partial charge in [0, 0.05) is 6.07 Å². The van der Waals surface area contributed by atoms with E-state index in [4.69, 9.17) is 9.47 Å². The Morgan fingerprint density at radius 3 is 2.24 bits per heavy atom. The molecule has 1 radical (unpaired) electrons. The van der Waals surface area contributed by atoms with Crippen LogP contribution in [-0.4, -0.2) is 13.2 Å². The minimum absolute atomic E-state index is 0.725. The third-order valence-corrected chi connectivity index (χ3v) is 2.49. The highest BCUT2D eigenvalue weighted by molar-refractivity contribution is 5.32. The van der Waals surface area contributed by atoms with Gasteiger partial charge in [0.15, 0.2) is 0 Å². The SMILES string of the molecule is [CH2]CCCOc1cccc(OCCCCC)c1. The Kier molecular flexibility index (Phi) is 7.28. The van der Waals surface area contributed by atoms with E-state index in [1.165, 1.54) is 12.8 Å². The predicted octanol–water partition coefficient (Wildman–Crippen LogP) is 4.25. The molecule has 0 spiro atoms. The van der Waals surface area contributed by atoms with Crippen LogP contribution in [0.4, 0.5) is 0 Å². The van der Waals surface area contributed by atoms with Crippen molar-refractivity contribution in [3.05, 3.63) is 31.2 Å². The van der Waals surface area contributed by atoms with Crippen LogP contribution in [0.2, 0.25) is 0 Å². The molecule has 2 heteroatoms. The van der Waals surface area contributed by atoms with E-state index in [1.807, 2.05) is 24.3 Å². The summed E-state index contributed by atoms with van der Waals surface area (Å²) in [6.07, 6.45) is 5.45. The van der Waals surface area contributed by atoms with Crippen molar-refractivity contribution in [3.63, 3.8) is 0 Å². The van der Waals surface area contributed by atoms with Gasteiger partial charge in [-0.05, 0) is 25.0 Å². The zero-order chi connectivity index (χ0) is 12.3. The van der Waals surface area contributed by atoms with E-state index in [0.29, 0.717) is 0 Å². The minimum atomic E-state index is 0.725. The van der Waals surface area contributed by atoms with Crippen molar-refractivity contribution >= 4 is 0 Å². The van der Waals surface area contributed by atoms with Gasteiger partial charge < -0.3 is 9.47 Å². The van der Waals surface area contributed by atoms with E-state index < -0.39 is 0 Å². The van der Waals surface area contributed by atoms with Gasteiger partial charge in [0.05, 0.1) is 13.2 Å². The summed E-state index contributed by atoms with van der Waals surface area (Å²) in [5, 5.41) is 0. The Morgan fingerprint density at radius 1 is 1.00 bits per heavy atom. The first-order valence-corrected chi connectivity index (χ1v) is 6.51. The average Bonchev–Trinajstić information content (AvgIpc) is 2.36. The maximum atomic E-state index is 5.66. The van der Waals surface area contributed by atoms with Crippen LogP contribution >= 0.6 is 0 Å². The molecule has 0 saturated carbocycles. The summed E-state index contributed by atoms with van der Waals surface area (Å²) in [6.45, 7) is 7.49. The summed E-state index contributed by atoms with van der Waals surface area (Å²) in [4.78, 5) is 0. The van der Waals surface area contributed by atoms with Gasteiger partial charge in [-0.2, -0.15) is 0 Å². The van der Waals surface area contributed by atoms with Crippen LogP contribution in [0, 0.1) is 6.92 Å². The number of rotatable bonds is 9. The first-order chi connectivity index (χ1) is 8.36. The van der Waals surface area contributed by atoms with Gasteiger partial charge in [-0.15, -0.1) is 0 Å². The largest absolute Gasteiger partial charge is 0.493 e. The molecule has 0 bridgehead atoms. The lowest BCUT2D eigenvalue weighted by atomic mass is 10.3. The van der Waals surface area contributed by atoms with Crippen molar-refractivity contribution in [1.82, 2.24) is 0 Å². The Bertz CT molecular complexity index is 297. The molecule has 0 aliphatic rings. The molecule has 0 fully saturated rings. The fourth-order valence-corrected chi connectivity index (χ4v) is 1.49. The van der Waals surface area contributed by atoms with Gasteiger partial charge in [-0.1, -0.05) is 39.2 Å². The zero-order valence-electron chi connectivity index (χ0n) is 10.8. The van der Waals surface area contributed by atoms with Gasteiger partial charge in [-0.25, -0.2) is 0 Å². The van der Waals surface area contributed by atoms with E-state index >= 15 is 0 Å². The molecule has 2 nitrogen and oxygen atoms in total. The quantitative estimate of drug-likeness (QED) is 0.596. The summed E-state index contributed by atoms with van der Waals surface area (Å²) in [6, 6.07) is 7.85. The lowest BCUT2D eigenvalue weighted by Crippen LogP contribution is -1.99. The fourth-order valence-electron chi connectivity index (χ4n) is 1.49. The summed E-state index contributed by atoms with van der Waals surface area (Å²) in [7, 11) is 0. The van der Waals surface area contributed by atoms with E-state index in [2.05, 4.69) is 13.8 Å². The van der Waals surface area contributed by atoms with Crippen LogP contribution in [0.25, 0.3) is 0 Å². The highest BCUT2D eigenvalue weighted by atomic mass is 16.5. The van der Waals surface area contributed by atoms with E-state index in [1.54, 1.807) is 0 Å². The highest BCUT2D eigenvalue weighted by Crippen LogP contribution is 2.19. The number of ether oxygens (including phenoxy) is 2. The van der Waals surface area contributed by atoms with Crippen LogP contribution in [0.15, 0.2) is 24.3 Å². The second-order valence-electron chi connectivity index (χ2n) is 4.09. The molecule has 95 valence electrons. The van der Waals surface area contributed by atoms with Gasteiger partial charge in [0.25, 0.3) is 0 Å². The maximum Gasteiger partial charge on any atom is 0.122 e. The highest BCUT2D eigenvalue weighted by Gasteiger charge is 1.97. The number of unbranched alkanes of at least 4 members (excludes halogenated alkanes) is 3. The molecule has 17 heavy (non-hydrogen) atoms. The molecule has 0 amide bonds. The first kappa shape index (κ1) is 13.9. The van der Waals surface area contributed by atoms with Gasteiger partial charge in [-0.3, -0.25) is 0 Å². The van der Waals surface area contributed by atoms with Crippen molar-refractivity contribution in [2.75, 3.05) is 13.2 Å². The number of hydrogen-bond donors (Lipinski definition) is 0. The van der Waals surface area contributed by atoms with E-state index in [-0.39, 0.29) is 0 Å². The van der Waals surface area contributed by atoms with Crippen LogP contribution in [-0.2, 0) is 0 Å². The molecule has 0 unspecified atom stereocenters.